The Morgan fingerprint density at radius 1 is 1.47 bits per heavy atom. The Morgan fingerprint density at radius 2 is 2.11 bits per heavy atom. The van der Waals surface area contributed by atoms with Crippen molar-refractivity contribution in [1.29, 1.82) is 5.26 Å². The van der Waals surface area contributed by atoms with Gasteiger partial charge in [-0.3, -0.25) is 9.35 Å². The maximum atomic E-state index is 12.2. The molecule has 1 aliphatic heterocycles. The first-order valence-corrected chi connectivity index (χ1v) is 7.08. The van der Waals surface area contributed by atoms with Gasteiger partial charge >= 0.3 is 0 Å². The number of nitriles is 1. The van der Waals surface area contributed by atoms with E-state index in [2.05, 4.69) is 0 Å². The van der Waals surface area contributed by atoms with Crippen LogP contribution in [0.5, 0.6) is 0 Å². The monoisotopic (exact) mass is 280 g/mol. The molecule has 2 rings (SSSR count). The second-order valence-electron chi connectivity index (χ2n) is 4.77. The number of carbonyl (C=O) groups is 1. The molecular formula is C12H12N2O4S. The van der Waals surface area contributed by atoms with Crippen molar-refractivity contribution in [1.82, 2.24) is 0 Å². The molecule has 1 amide bonds. The molecule has 0 fully saturated rings. The molecule has 0 radical (unpaired) electrons. The Bertz CT molecular complexity index is 705. The zero-order chi connectivity index (χ0) is 14.4. The van der Waals surface area contributed by atoms with E-state index in [-0.39, 0.29) is 0 Å². The highest BCUT2D eigenvalue weighted by Gasteiger charge is 2.48. The van der Waals surface area contributed by atoms with Crippen LogP contribution in [0.2, 0.25) is 0 Å². The molecule has 0 saturated heterocycles. The summed E-state index contributed by atoms with van der Waals surface area (Å²) in [4.78, 5) is 13.6. The van der Waals surface area contributed by atoms with Crippen molar-refractivity contribution < 1.29 is 17.8 Å². The summed E-state index contributed by atoms with van der Waals surface area (Å²) >= 11 is 0. The van der Waals surface area contributed by atoms with Crippen LogP contribution in [0.15, 0.2) is 18.2 Å². The molecule has 0 bridgehead atoms. The molecule has 1 atom stereocenters. The molecule has 1 unspecified atom stereocenters. The maximum absolute atomic E-state index is 12.2. The molecule has 1 aromatic carbocycles. The lowest BCUT2D eigenvalue weighted by Gasteiger charge is -2.21. The summed E-state index contributed by atoms with van der Waals surface area (Å²) < 4.78 is 31.3. The predicted octanol–water partition coefficient (Wildman–Crippen LogP) is 0.680. The lowest BCUT2D eigenvalue weighted by Crippen LogP contribution is -2.41. The average molecular weight is 280 g/mol. The number of fused-ring (bicyclic) bond motifs is 1. The Kier molecular flexibility index (Phi) is 2.88. The summed E-state index contributed by atoms with van der Waals surface area (Å²) in [7, 11) is -2.78. The zero-order valence-corrected chi connectivity index (χ0v) is 11.2. The fourth-order valence-corrected chi connectivity index (χ4v) is 3.45. The molecule has 7 heteroatoms. The Balaban J connectivity index is 2.66. The van der Waals surface area contributed by atoms with Crippen molar-refractivity contribution in [2.75, 3.05) is 17.7 Å². The first kappa shape index (κ1) is 13.5. The molecule has 1 aliphatic rings. The largest absolute Gasteiger partial charge is 0.314 e. The minimum atomic E-state index is -4.32. The van der Waals surface area contributed by atoms with Crippen LogP contribution in [0, 0.1) is 11.3 Å². The summed E-state index contributed by atoms with van der Waals surface area (Å²) in [5.74, 6) is -1.12. The normalized spacial score (nSPS) is 22.2. The van der Waals surface area contributed by atoms with Crippen LogP contribution in [0.3, 0.4) is 0 Å². The molecule has 19 heavy (non-hydrogen) atoms. The van der Waals surface area contributed by atoms with E-state index in [1.807, 2.05) is 6.07 Å². The standard InChI is InChI=1S/C12H12N2O4S/c1-12(7-19(16,17)18)9-5-8(6-13)3-4-10(9)14(2)11(12)15/h3-5H,7H2,1-2H3,(H,16,17,18). The van der Waals surface area contributed by atoms with Gasteiger partial charge in [0.05, 0.1) is 22.8 Å². The van der Waals surface area contributed by atoms with Crippen LogP contribution in [0.1, 0.15) is 18.1 Å². The van der Waals surface area contributed by atoms with E-state index in [9.17, 15) is 13.2 Å². The van der Waals surface area contributed by atoms with Crippen molar-refractivity contribution in [3.05, 3.63) is 29.3 Å². The van der Waals surface area contributed by atoms with Gasteiger partial charge in [0, 0.05) is 12.7 Å². The summed E-state index contributed by atoms with van der Waals surface area (Å²) in [5.41, 5.74) is -0.0416. The number of anilines is 1. The number of hydrogen-bond acceptors (Lipinski definition) is 4. The average Bonchev–Trinajstić information content (AvgIpc) is 2.49. The van der Waals surface area contributed by atoms with E-state index >= 15 is 0 Å². The molecule has 1 aromatic rings. The SMILES string of the molecule is CN1C(=O)C(C)(CS(=O)(=O)O)c2cc(C#N)ccc21. The molecule has 0 spiro atoms. The maximum Gasteiger partial charge on any atom is 0.266 e. The molecule has 0 aliphatic carbocycles. The van der Waals surface area contributed by atoms with Crippen molar-refractivity contribution >= 4 is 21.7 Å². The van der Waals surface area contributed by atoms with Crippen molar-refractivity contribution in [3.63, 3.8) is 0 Å². The highest BCUT2D eigenvalue weighted by atomic mass is 32.2. The number of carbonyl (C=O) groups excluding carboxylic acids is 1. The van der Waals surface area contributed by atoms with Gasteiger partial charge in [0.15, 0.2) is 0 Å². The Labute approximate surface area is 111 Å². The van der Waals surface area contributed by atoms with Gasteiger partial charge in [0.1, 0.15) is 0 Å². The smallest absolute Gasteiger partial charge is 0.266 e. The van der Waals surface area contributed by atoms with E-state index in [0.29, 0.717) is 16.8 Å². The van der Waals surface area contributed by atoms with Crippen LogP contribution < -0.4 is 4.90 Å². The van der Waals surface area contributed by atoms with Gasteiger partial charge in [-0.2, -0.15) is 13.7 Å². The van der Waals surface area contributed by atoms with Gasteiger partial charge in [-0.15, -0.1) is 0 Å². The molecule has 1 heterocycles. The quantitative estimate of drug-likeness (QED) is 0.803. The van der Waals surface area contributed by atoms with E-state index < -0.39 is 27.2 Å². The van der Waals surface area contributed by atoms with E-state index in [1.54, 1.807) is 12.1 Å². The summed E-state index contributed by atoms with van der Waals surface area (Å²) in [6, 6.07) is 6.59. The number of rotatable bonds is 2. The molecule has 6 nitrogen and oxygen atoms in total. The minimum Gasteiger partial charge on any atom is -0.314 e. The summed E-state index contributed by atoms with van der Waals surface area (Å²) in [6.07, 6.45) is 0. The second kappa shape index (κ2) is 4.05. The van der Waals surface area contributed by atoms with Crippen molar-refractivity contribution in [2.45, 2.75) is 12.3 Å². The van der Waals surface area contributed by atoms with E-state index in [4.69, 9.17) is 9.81 Å². The second-order valence-corrected chi connectivity index (χ2v) is 6.22. The van der Waals surface area contributed by atoms with Gasteiger partial charge in [-0.25, -0.2) is 0 Å². The number of benzene rings is 1. The van der Waals surface area contributed by atoms with Crippen LogP contribution in [-0.4, -0.2) is 31.7 Å². The van der Waals surface area contributed by atoms with Crippen molar-refractivity contribution in [3.8, 4) is 6.07 Å². The molecule has 0 aromatic heterocycles. The molecule has 100 valence electrons. The molecule has 1 N–H and O–H groups in total. The molecule has 0 saturated carbocycles. The lowest BCUT2D eigenvalue weighted by atomic mass is 9.85. The van der Waals surface area contributed by atoms with Crippen LogP contribution >= 0.6 is 0 Å². The number of nitrogens with zero attached hydrogens (tertiary/aromatic N) is 2. The first-order chi connectivity index (χ1) is 8.69. The predicted molar refractivity (Wildman–Crippen MR) is 68.3 cm³/mol. The van der Waals surface area contributed by atoms with Gasteiger partial charge in [0.25, 0.3) is 10.1 Å². The number of hydrogen-bond donors (Lipinski definition) is 1. The van der Waals surface area contributed by atoms with Crippen LogP contribution in [0.4, 0.5) is 5.69 Å². The minimum absolute atomic E-state index is 0.336. The number of amides is 1. The molecular weight excluding hydrogens is 268 g/mol. The lowest BCUT2D eigenvalue weighted by molar-refractivity contribution is -0.121. The van der Waals surface area contributed by atoms with Gasteiger partial charge in [-0.05, 0) is 30.7 Å². The van der Waals surface area contributed by atoms with Crippen LogP contribution in [0.25, 0.3) is 0 Å². The third-order valence-electron chi connectivity index (χ3n) is 3.33. The Morgan fingerprint density at radius 3 is 2.63 bits per heavy atom. The first-order valence-electron chi connectivity index (χ1n) is 5.47. The van der Waals surface area contributed by atoms with E-state index in [0.717, 1.165) is 0 Å². The van der Waals surface area contributed by atoms with Gasteiger partial charge < -0.3 is 4.90 Å². The number of likely N-dealkylation sites (N-methyl/N-ethyl adjacent to an activating group) is 1. The topological polar surface area (TPSA) is 98.5 Å². The van der Waals surface area contributed by atoms with Crippen LogP contribution in [-0.2, 0) is 20.3 Å². The third-order valence-corrected chi connectivity index (χ3v) is 4.27. The fourth-order valence-electron chi connectivity index (χ4n) is 2.44. The van der Waals surface area contributed by atoms with Crippen molar-refractivity contribution in [2.24, 2.45) is 0 Å². The van der Waals surface area contributed by atoms with Gasteiger partial charge in [0.2, 0.25) is 5.91 Å². The van der Waals surface area contributed by atoms with Gasteiger partial charge in [-0.1, -0.05) is 0 Å². The third kappa shape index (κ3) is 2.09. The summed E-state index contributed by atoms with van der Waals surface area (Å²) in [6.45, 7) is 1.45. The highest BCUT2D eigenvalue weighted by molar-refractivity contribution is 7.85. The fraction of sp³-hybridized carbons (Fsp3) is 0.333. The summed E-state index contributed by atoms with van der Waals surface area (Å²) in [5, 5.41) is 8.89. The zero-order valence-electron chi connectivity index (χ0n) is 10.4. The Hall–Kier alpha value is -1.91. The van der Waals surface area contributed by atoms with E-state index in [1.165, 1.54) is 24.9 Å². The highest BCUT2D eigenvalue weighted by Crippen LogP contribution is 2.42.